The average Bonchev–Trinajstić information content (AvgIpc) is 2.45. The van der Waals surface area contributed by atoms with Crippen molar-refractivity contribution >= 4 is 45.3 Å². The van der Waals surface area contributed by atoms with Gasteiger partial charge in [0.15, 0.2) is 0 Å². The molecule has 90 valence electrons. The maximum atomic E-state index is 4.55. The average molecular weight is 272 g/mol. The first kappa shape index (κ1) is 11.8. The van der Waals surface area contributed by atoms with Gasteiger partial charge in [-0.25, -0.2) is 0 Å². The van der Waals surface area contributed by atoms with Crippen LogP contribution in [0.25, 0.3) is 21.8 Å². The third-order valence-electron chi connectivity index (χ3n) is 2.92. The van der Waals surface area contributed by atoms with Crippen LogP contribution in [0.5, 0.6) is 0 Å². The quantitative estimate of drug-likeness (QED) is 0.515. The molecule has 0 N–H and O–H groups in total. The van der Waals surface area contributed by atoms with E-state index in [0.29, 0.717) is 0 Å². The first-order valence-electron chi connectivity index (χ1n) is 5.58. The molecule has 0 fully saturated rings. The Morgan fingerprint density at radius 2 is 1.22 bits per heavy atom. The van der Waals surface area contributed by atoms with E-state index in [0.717, 1.165) is 21.8 Å². The Morgan fingerprint density at radius 1 is 0.778 bits per heavy atom. The number of benzene rings is 1. The summed E-state index contributed by atoms with van der Waals surface area (Å²) >= 11 is 3.42. The number of hydrogen-bond acceptors (Lipinski definition) is 4. The lowest BCUT2D eigenvalue weighted by Crippen LogP contribution is -1.86. The monoisotopic (exact) mass is 272 g/mol. The highest BCUT2D eigenvalue weighted by Crippen LogP contribution is 2.27. The summed E-state index contributed by atoms with van der Waals surface area (Å²) in [7, 11) is 0. The summed E-state index contributed by atoms with van der Waals surface area (Å²) in [6.45, 7) is 0. The minimum Gasteiger partial charge on any atom is -0.253 e. The van der Waals surface area contributed by atoms with Crippen molar-refractivity contribution in [1.82, 2.24) is 9.97 Å². The number of aromatic nitrogens is 2. The summed E-state index contributed by atoms with van der Waals surface area (Å²) in [6.07, 6.45) is 7.95. The molecule has 4 heteroatoms. The third-order valence-corrected chi connectivity index (χ3v) is 4.31. The molecule has 0 saturated carbocycles. The van der Waals surface area contributed by atoms with Gasteiger partial charge < -0.3 is 0 Å². The molecular weight excluding hydrogens is 260 g/mol. The van der Waals surface area contributed by atoms with Crippen LogP contribution in [-0.2, 0) is 0 Å². The molecule has 18 heavy (non-hydrogen) atoms. The first-order chi connectivity index (χ1) is 8.81. The van der Waals surface area contributed by atoms with E-state index in [1.807, 2.05) is 12.4 Å². The SMILES string of the molecule is CSc1cnc2c(ccc3cc(SC)cnc32)c1. The van der Waals surface area contributed by atoms with Crippen LogP contribution in [0.3, 0.4) is 0 Å². The van der Waals surface area contributed by atoms with E-state index in [2.05, 4.69) is 46.7 Å². The Labute approximate surface area is 114 Å². The number of fused-ring (bicyclic) bond motifs is 3. The molecule has 0 radical (unpaired) electrons. The van der Waals surface area contributed by atoms with Gasteiger partial charge in [0.25, 0.3) is 0 Å². The summed E-state index contributed by atoms with van der Waals surface area (Å²) in [5.74, 6) is 0. The van der Waals surface area contributed by atoms with Gasteiger partial charge in [-0.3, -0.25) is 9.97 Å². The lowest BCUT2D eigenvalue weighted by molar-refractivity contribution is 1.28. The van der Waals surface area contributed by atoms with E-state index in [1.165, 1.54) is 9.79 Å². The fourth-order valence-corrected chi connectivity index (χ4v) is 2.78. The molecule has 0 unspecified atom stereocenters. The van der Waals surface area contributed by atoms with Crippen LogP contribution >= 0.6 is 23.5 Å². The summed E-state index contributed by atoms with van der Waals surface area (Å²) in [4.78, 5) is 11.5. The summed E-state index contributed by atoms with van der Waals surface area (Å²) < 4.78 is 0. The summed E-state index contributed by atoms with van der Waals surface area (Å²) in [5, 5.41) is 2.30. The predicted molar refractivity (Wildman–Crippen MR) is 80.6 cm³/mol. The van der Waals surface area contributed by atoms with Crippen molar-refractivity contribution in [2.24, 2.45) is 0 Å². The molecule has 0 atom stereocenters. The van der Waals surface area contributed by atoms with Gasteiger partial charge in [-0.2, -0.15) is 0 Å². The van der Waals surface area contributed by atoms with Crippen LogP contribution in [0.1, 0.15) is 0 Å². The van der Waals surface area contributed by atoms with E-state index in [1.54, 1.807) is 23.5 Å². The highest BCUT2D eigenvalue weighted by molar-refractivity contribution is 7.98. The number of hydrogen-bond donors (Lipinski definition) is 0. The molecule has 0 aliphatic heterocycles. The van der Waals surface area contributed by atoms with Crippen LogP contribution in [0.4, 0.5) is 0 Å². The van der Waals surface area contributed by atoms with Crippen molar-refractivity contribution in [3.63, 3.8) is 0 Å². The molecule has 1 aromatic carbocycles. The van der Waals surface area contributed by atoms with Gasteiger partial charge in [-0.15, -0.1) is 23.5 Å². The maximum absolute atomic E-state index is 4.55. The maximum Gasteiger partial charge on any atom is 0.0965 e. The number of rotatable bonds is 2. The molecular formula is C14H12N2S2. The molecule has 2 aromatic heterocycles. The van der Waals surface area contributed by atoms with Crippen LogP contribution < -0.4 is 0 Å². The fraction of sp³-hybridized carbons (Fsp3) is 0.143. The minimum atomic E-state index is 0.984. The van der Waals surface area contributed by atoms with Gasteiger partial charge in [0.05, 0.1) is 11.0 Å². The van der Waals surface area contributed by atoms with E-state index in [9.17, 15) is 0 Å². The normalized spacial score (nSPS) is 11.2. The Bertz CT molecular complexity index is 663. The number of pyridine rings is 2. The van der Waals surface area contributed by atoms with E-state index in [4.69, 9.17) is 0 Å². The van der Waals surface area contributed by atoms with Crippen molar-refractivity contribution in [2.75, 3.05) is 12.5 Å². The molecule has 3 rings (SSSR count). The molecule has 2 heterocycles. The fourth-order valence-electron chi connectivity index (χ4n) is 1.98. The summed E-state index contributed by atoms with van der Waals surface area (Å²) in [5.41, 5.74) is 1.97. The molecule has 3 aromatic rings. The molecule has 0 spiro atoms. The number of nitrogens with zero attached hydrogens (tertiary/aromatic N) is 2. The second kappa shape index (κ2) is 4.78. The Balaban J connectivity index is 2.32. The lowest BCUT2D eigenvalue weighted by Gasteiger charge is -2.05. The molecule has 0 aliphatic carbocycles. The van der Waals surface area contributed by atoms with E-state index >= 15 is 0 Å². The molecule has 0 amide bonds. The zero-order valence-electron chi connectivity index (χ0n) is 10.2. The van der Waals surface area contributed by atoms with Gasteiger partial charge in [0.2, 0.25) is 0 Å². The highest BCUT2D eigenvalue weighted by Gasteiger charge is 2.05. The molecule has 0 bridgehead atoms. The van der Waals surface area contributed by atoms with Gasteiger partial charge in [0, 0.05) is 33.0 Å². The van der Waals surface area contributed by atoms with Crippen molar-refractivity contribution in [2.45, 2.75) is 9.79 Å². The largest absolute Gasteiger partial charge is 0.253 e. The molecule has 2 nitrogen and oxygen atoms in total. The second-order valence-corrected chi connectivity index (χ2v) is 5.72. The predicted octanol–water partition coefficient (Wildman–Crippen LogP) is 4.23. The van der Waals surface area contributed by atoms with Gasteiger partial charge in [0.1, 0.15) is 0 Å². The van der Waals surface area contributed by atoms with Gasteiger partial charge >= 0.3 is 0 Å². The Kier molecular flexibility index (Phi) is 3.14. The van der Waals surface area contributed by atoms with Crippen LogP contribution in [-0.4, -0.2) is 22.5 Å². The molecule has 0 aliphatic rings. The first-order valence-corrected chi connectivity index (χ1v) is 8.03. The second-order valence-electron chi connectivity index (χ2n) is 3.96. The van der Waals surface area contributed by atoms with Crippen molar-refractivity contribution < 1.29 is 0 Å². The minimum absolute atomic E-state index is 0.984. The lowest BCUT2D eigenvalue weighted by atomic mass is 10.1. The van der Waals surface area contributed by atoms with Crippen LogP contribution in [0.2, 0.25) is 0 Å². The van der Waals surface area contributed by atoms with Gasteiger partial charge in [-0.1, -0.05) is 12.1 Å². The smallest absolute Gasteiger partial charge is 0.0965 e. The van der Waals surface area contributed by atoms with Crippen molar-refractivity contribution in [3.8, 4) is 0 Å². The van der Waals surface area contributed by atoms with Crippen LogP contribution in [0.15, 0.2) is 46.5 Å². The topological polar surface area (TPSA) is 25.8 Å². The highest BCUT2D eigenvalue weighted by atomic mass is 32.2. The zero-order chi connectivity index (χ0) is 12.5. The standard InChI is InChI=1S/C14H12N2S2/c1-17-11-5-9-3-4-10-6-12(18-2)8-16-14(10)13(9)15-7-11/h3-8H,1-2H3. The van der Waals surface area contributed by atoms with Gasteiger partial charge in [-0.05, 0) is 24.6 Å². The van der Waals surface area contributed by atoms with Crippen molar-refractivity contribution in [1.29, 1.82) is 0 Å². The van der Waals surface area contributed by atoms with E-state index in [-0.39, 0.29) is 0 Å². The Hall–Kier alpha value is -1.26. The van der Waals surface area contributed by atoms with Crippen molar-refractivity contribution in [3.05, 3.63) is 36.7 Å². The summed E-state index contributed by atoms with van der Waals surface area (Å²) in [6, 6.07) is 8.57. The van der Waals surface area contributed by atoms with E-state index < -0.39 is 0 Å². The Morgan fingerprint density at radius 3 is 1.61 bits per heavy atom. The number of thioether (sulfide) groups is 2. The third kappa shape index (κ3) is 1.95. The molecule has 0 saturated heterocycles. The van der Waals surface area contributed by atoms with Crippen LogP contribution in [0, 0.1) is 0 Å². The zero-order valence-corrected chi connectivity index (χ0v) is 11.8.